The van der Waals surface area contributed by atoms with Gasteiger partial charge >= 0.3 is 6.03 Å². The molecule has 0 saturated heterocycles. The molecule has 2 amide bonds. The van der Waals surface area contributed by atoms with E-state index in [-0.39, 0.29) is 0 Å². The highest BCUT2D eigenvalue weighted by molar-refractivity contribution is 9.11. The van der Waals surface area contributed by atoms with E-state index >= 15 is 0 Å². The van der Waals surface area contributed by atoms with E-state index in [0.29, 0.717) is 17.1 Å². The number of amides is 2. The second-order valence-electron chi connectivity index (χ2n) is 4.56. The number of carbonyl (C=O) groups excluding carboxylic acids is 1. The molecule has 1 heterocycles. The third-order valence-corrected chi connectivity index (χ3v) is 4.49. The first-order chi connectivity index (χ1) is 11.1. The van der Waals surface area contributed by atoms with E-state index in [9.17, 15) is 4.79 Å². The highest BCUT2D eigenvalue weighted by Gasteiger charge is 2.20. The van der Waals surface area contributed by atoms with Crippen LogP contribution in [0, 0.1) is 0 Å². The molecule has 0 aliphatic heterocycles. The van der Waals surface area contributed by atoms with Crippen molar-refractivity contribution in [1.29, 1.82) is 0 Å². The summed E-state index contributed by atoms with van der Waals surface area (Å²) in [6.07, 6.45) is 0. The summed E-state index contributed by atoms with van der Waals surface area (Å²) < 4.78 is 1.72. The molecule has 0 aliphatic rings. The molecule has 7 nitrogen and oxygen atoms in total. The Morgan fingerprint density at radius 1 is 1.09 bits per heavy atom. The van der Waals surface area contributed by atoms with E-state index in [4.69, 9.17) is 5.73 Å². The molecule has 0 saturated carbocycles. The molecule has 0 fully saturated rings. The fourth-order valence-electron chi connectivity index (χ4n) is 2.25. The number of anilines is 1. The quantitative estimate of drug-likeness (QED) is 0.581. The number of hydrogen-bond donors (Lipinski definition) is 3. The Hall–Kier alpha value is -2.26. The van der Waals surface area contributed by atoms with Crippen LogP contribution in [0.5, 0.6) is 0 Å². The maximum Gasteiger partial charge on any atom is 0.316 e. The number of nitrogens with zero attached hydrogens (tertiary/aromatic N) is 3. The third kappa shape index (κ3) is 3.10. The van der Waals surface area contributed by atoms with Crippen LogP contribution in [0.1, 0.15) is 0 Å². The third-order valence-electron chi connectivity index (χ3n) is 3.14. The molecule has 0 spiro atoms. The minimum absolute atomic E-state index is 0.417. The molecule has 0 bridgehead atoms. The number of primary amides is 1. The van der Waals surface area contributed by atoms with Gasteiger partial charge in [0.1, 0.15) is 0 Å². The molecule has 0 unspecified atom stereocenters. The Kier molecular flexibility index (Phi) is 4.39. The number of H-pyrrole nitrogens is 1. The van der Waals surface area contributed by atoms with Crippen molar-refractivity contribution < 1.29 is 4.79 Å². The van der Waals surface area contributed by atoms with Gasteiger partial charge in [-0.25, -0.2) is 9.89 Å². The first-order valence-corrected chi connectivity index (χ1v) is 8.04. The number of urea groups is 1. The van der Waals surface area contributed by atoms with Crippen LogP contribution in [0.15, 0.2) is 45.3 Å². The van der Waals surface area contributed by atoms with E-state index < -0.39 is 6.03 Å². The number of rotatable bonds is 3. The summed E-state index contributed by atoms with van der Waals surface area (Å²) in [6.45, 7) is 0. The molecular formula is C14H10Br2N6O. The van der Waals surface area contributed by atoms with Crippen LogP contribution >= 0.6 is 31.9 Å². The molecule has 3 rings (SSSR count). The summed E-state index contributed by atoms with van der Waals surface area (Å²) in [4.78, 5) is 11.3. The zero-order valence-electron chi connectivity index (χ0n) is 11.5. The van der Waals surface area contributed by atoms with Crippen molar-refractivity contribution in [3.05, 3.63) is 45.3 Å². The monoisotopic (exact) mass is 436 g/mol. The summed E-state index contributed by atoms with van der Waals surface area (Å²) in [7, 11) is 0. The van der Waals surface area contributed by atoms with E-state index in [1.807, 2.05) is 30.3 Å². The summed E-state index contributed by atoms with van der Waals surface area (Å²) in [5.41, 5.74) is 8.15. The predicted molar refractivity (Wildman–Crippen MR) is 93.7 cm³/mol. The summed E-state index contributed by atoms with van der Waals surface area (Å²) in [5.74, 6) is 0.417. The van der Waals surface area contributed by atoms with E-state index in [2.05, 4.69) is 57.8 Å². The van der Waals surface area contributed by atoms with Gasteiger partial charge in [-0.05, 0) is 34.2 Å². The fraction of sp³-hybridized carbons (Fsp3) is 0. The van der Waals surface area contributed by atoms with Crippen molar-refractivity contribution in [1.82, 2.24) is 20.6 Å². The molecule has 1 aromatic heterocycles. The normalized spacial score (nSPS) is 10.5. The lowest BCUT2D eigenvalue weighted by Gasteiger charge is -2.16. The number of nitrogens with one attached hydrogen (secondary N) is 2. The van der Waals surface area contributed by atoms with Gasteiger partial charge in [0.15, 0.2) is 5.82 Å². The van der Waals surface area contributed by atoms with Gasteiger partial charge in [-0.1, -0.05) is 50.1 Å². The van der Waals surface area contributed by atoms with E-state index in [1.165, 1.54) is 0 Å². The molecule has 9 heteroatoms. The lowest BCUT2D eigenvalue weighted by atomic mass is 9.97. The van der Waals surface area contributed by atoms with Crippen LogP contribution in [-0.2, 0) is 0 Å². The number of hydrogen-bond acceptors (Lipinski definition) is 4. The Morgan fingerprint density at radius 2 is 1.87 bits per heavy atom. The highest BCUT2D eigenvalue weighted by atomic mass is 79.9. The van der Waals surface area contributed by atoms with Crippen molar-refractivity contribution in [2.75, 3.05) is 5.32 Å². The first kappa shape index (κ1) is 15.6. The summed E-state index contributed by atoms with van der Waals surface area (Å²) in [5, 5.41) is 16.5. The lowest BCUT2D eigenvalue weighted by Crippen LogP contribution is -2.20. The number of aromatic nitrogens is 4. The van der Waals surface area contributed by atoms with Crippen LogP contribution in [-0.4, -0.2) is 26.7 Å². The minimum atomic E-state index is -0.667. The van der Waals surface area contributed by atoms with Crippen LogP contribution in [0.2, 0.25) is 0 Å². The Labute approximate surface area is 147 Å². The van der Waals surface area contributed by atoms with Crippen molar-refractivity contribution in [3.8, 4) is 22.5 Å². The molecule has 2 aromatic carbocycles. The molecule has 23 heavy (non-hydrogen) atoms. The number of halogens is 2. The maximum atomic E-state index is 11.3. The van der Waals surface area contributed by atoms with Crippen molar-refractivity contribution in [3.63, 3.8) is 0 Å². The van der Waals surface area contributed by atoms with E-state index in [0.717, 1.165) is 20.1 Å². The predicted octanol–water partition coefficient (Wildman–Crippen LogP) is 3.55. The van der Waals surface area contributed by atoms with Gasteiger partial charge in [0, 0.05) is 14.5 Å². The van der Waals surface area contributed by atoms with Crippen molar-refractivity contribution >= 4 is 43.6 Å². The van der Waals surface area contributed by atoms with Gasteiger partial charge in [-0.3, -0.25) is 0 Å². The summed E-state index contributed by atoms with van der Waals surface area (Å²) in [6, 6.07) is 10.6. The van der Waals surface area contributed by atoms with Crippen molar-refractivity contribution in [2.24, 2.45) is 5.73 Å². The number of benzene rings is 2. The molecule has 4 N–H and O–H groups in total. The number of carbonyl (C=O) groups is 1. The van der Waals surface area contributed by atoms with Crippen LogP contribution in [0.25, 0.3) is 22.5 Å². The zero-order chi connectivity index (χ0) is 16.4. The Bertz CT molecular complexity index is 866. The van der Waals surface area contributed by atoms with Crippen LogP contribution < -0.4 is 11.1 Å². The van der Waals surface area contributed by atoms with Gasteiger partial charge in [0.05, 0.1) is 11.3 Å². The van der Waals surface area contributed by atoms with Crippen LogP contribution in [0.4, 0.5) is 10.5 Å². The lowest BCUT2D eigenvalue weighted by molar-refractivity contribution is 0.259. The number of tetrazole rings is 1. The Morgan fingerprint density at radius 3 is 2.52 bits per heavy atom. The molecule has 0 aliphatic carbocycles. The van der Waals surface area contributed by atoms with Gasteiger partial charge in [-0.2, -0.15) is 0 Å². The highest BCUT2D eigenvalue weighted by Crippen LogP contribution is 2.43. The fourth-order valence-corrected chi connectivity index (χ4v) is 3.28. The van der Waals surface area contributed by atoms with Gasteiger partial charge in [0.25, 0.3) is 0 Å². The van der Waals surface area contributed by atoms with E-state index in [1.54, 1.807) is 6.07 Å². The average Bonchev–Trinajstić information content (AvgIpc) is 3.03. The minimum Gasteiger partial charge on any atom is -0.351 e. The summed E-state index contributed by atoms with van der Waals surface area (Å²) >= 11 is 7.10. The second kappa shape index (κ2) is 6.47. The topological polar surface area (TPSA) is 110 Å². The molecule has 3 aromatic rings. The Balaban J connectivity index is 2.34. The largest absolute Gasteiger partial charge is 0.351 e. The van der Waals surface area contributed by atoms with Crippen LogP contribution in [0.3, 0.4) is 0 Å². The first-order valence-electron chi connectivity index (χ1n) is 6.46. The van der Waals surface area contributed by atoms with Crippen molar-refractivity contribution in [2.45, 2.75) is 0 Å². The standard InChI is InChI=1S/C14H10Br2N6O/c15-8-4-2-1-3-7(8)11-9(16)5-6-10(18-14(17)23)12(11)13-19-21-22-20-13/h1-6H,(H3,17,18,23)(H,19,20,21,22). The molecular weight excluding hydrogens is 428 g/mol. The molecule has 116 valence electrons. The average molecular weight is 438 g/mol. The molecule has 0 radical (unpaired) electrons. The smallest absolute Gasteiger partial charge is 0.316 e. The van der Waals surface area contributed by atoms with Gasteiger partial charge < -0.3 is 11.1 Å². The molecule has 0 atom stereocenters. The maximum absolute atomic E-state index is 11.3. The SMILES string of the molecule is NC(=O)Nc1ccc(Br)c(-c2ccccc2Br)c1-c1nnn[nH]1. The number of aromatic amines is 1. The number of nitrogens with two attached hydrogens (primary N) is 1. The van der Waals surface area contributed by atoms with Gasteiger partial charge in [0.2, 0.25) is 0 Å². The second-order valence-corrected chi connectivity index (χ2v) is 6.27. The van der Waals surface area contributed by atoms with Gasteiger partial charge in [-0.15, -0.1) is 5.10 Å². The zero-order valence-corrected chi connectivity index (χ0v) is 14.7.